The minimum atomic E-state index is -0.720. The molecule has 1 N–H and O–H groups in total. The van der Waals surface area contributed by atoms with E-state index in [-0.39, 0.29) is 12.3 Å². The van der Waals surface area contributed by atoms with Crippen LogP contribution < -0.4 is 0 Å². The molecule has 19 heavy (non-hydrogen) atoms. The third kappa shape index (κ3) is 4.62. The number of benzene rings is 1. The Balaban J connectivity index is 2.08. The zero-order valence-electron chi connectivity index (χ0n) is 11.0. The van der Waals surface area contributed by atoms with Gasteiger partial charge in [0.25, 0.3) is 0 Å². The molecule has 1 aliphatic heterocycles. The molecule has 0 aliphatic carbocycles. The van der Waals surface area contributed by atoms with Crippen molar-refractivity contribution in [3.63, 3.8) is 0 Å². The zero-order chi connectivity index (χ0) is 13.7. The summed E-state index contributed by atoms with van der Waals surface area (Å²) in [5.41, 5.74) is 1.11. The maximum absolute atomic E-state index is 11.1. The van der Waals surface area contributed by atoms with Crippen LogP contribution in [0.5, 0.6) is 0 Å². The van der Waals surface area contributed by atoms with Crippen molar-refractivity contribution in [1.29, 1.82) is 0 Å². The maximum Gasteiger partial charge on any atom is 0.304 e. The summed E-state index contributed by atoms with van der Waals surface area (Å²) >= 11 is 3.46. The quantitative estimate of drug-likeness (QED) is 0.900. The summed E-state index contributed by atoms with van der Waals surface area (Å²) < 4.78 is 1.01. The van der Waals surface area contributed by atoms with E-state index in [2.05, 4.69) is 20.8 Å². The number of piperidine rings is 1. The third-order valence-corrected chi connectivity index (χ3v) is 4.16. The Morgan fingerprint density at radius 1 is 1.32 bits per heavy atom. The number of rotatable bonds is 5. The highest BCUT2D eigenvalue weighted by atomic mass is 79.9. The Morgan fingerprint density at radius 3 is 2.68 bits per heavy atom. The number of carbonyl (C=O) groups is 1. The van der Waals surface area contributed by atoms with Crippen molar-refractivity contribution in [3.05, 3.63) is 34.3 Å². The van der Waals surface area contributed by atoms with Gasteiger partial charge < -0.3 is 10.0 Å². The van der Waals surface area contributed by atoms with Gasteiger partial charge in [-0.3, -0.25) is 4.79 Å². The lowest BCUT2D eigenvalue weighted by atomic mass is 9.94. The van der Waals surface area contributed by atoms with Gasteiger partial charge in [0.1, 0.15) is 0 Å². The molecule has 1 aliphatic rings. The molecule has 0 amide bonds. The molecule has 1 atom stereocenters. The van der Waals surface area contributed by atoms with Crippen LogP contribution in [0.15, 0.2) is 28.7 Å². The van der Waals surface area contributed by atoms with E-state index in [1.807, 2.05) is 24.3 Å². The molecule has 2 rings (SSSR count). The first-order valence-electron chi connectivity index (χ1n) is 6.85. The van der Waals surface area contributed by atoms with Crippen LogP contribution in [0.2, 0.25) is 0 Å². The summed E-state index contributed by atoms with van der Waals surface area (Å²) in [7, 11) is 0. The molecule has 1 heterocycles. The number of hydrogen-bond acceptors (Lipinski definition) is 2. The number of carboxylic acids is 1. The van der Waals surface area contributed by atoms with Gasteiger partial charge in [-0.25, -0.2) is 0 Å². The summed E-state index contributed by atoms with van der Waals surface area (Å²) in [6.07, 6.45) is 3.97. The molecule has 1 unspecified atom stereocenters. The van der Waals surface area contributed by atoms with Crippen molar-refractivity contribution in [2.24, 2.45) is 0 Å². The van der Waals surface area contributed by atoms with E-state index in [1.54, 1.807) is 0 Å². The number of carboxylic acid groups (broad SMARTS) is 1. The first-order valence-corrected chi connectivity index (χ1v) is 7.64. The fourth-order valence-corrected chi connectivity index (χ4v) is 3.13. The maximum atomic E-state index is 11.1. The van der Waals surface area contributed by atoms with Gasteiger partial charge in [0, 0.05) is 16.9 Å². The summed E-state index contributed by atoms with van der Waals surface area (Å²) in [6, 6.07) is 8.02. The Labute approximate surface area is 122 Å². The predicted octanol–water partition coefficient (Wildman–Crippen LogP) is 3.49. The van der Waals surface area contributed by atoms with Gasteiger partial charge in [0.15, 0.2) is 0 Å². The van der Waals surface area contributed by atoms with E-state index >= 15 is 0 Å². The Hall–Kier alpha value is -0.870. The van der Waals surface area contributed by atoms with Gasteiger partial charge in [-0.2, -0.15) is 0 Å². The van der Waals surface area contributed by atoms with E-state index < -0.39 is 5.97 Å². The molecule has 1 saturated heterocycles. The minimum Gasteiger partial charge on any atom is -0.481 e. The van der Waals surface area contributed by atoms with Crippen LogP contribution in [0.1, 0.15) is 37.2 Å². The molecule has 104 valence electrons. The SMILES string of the molecule is O=C(O)CC(CN1CCCCC1)c1cccc(Br)c1. The van der Waals surface area contributed by atoms with Gasteiger partial charge in [-0.1, -0.05) is 34.5 Å². The van der Waals surface area contributed by atoms with Crippen molar-refractivity contribution in [2.75, 3.05) is 19.6 Å². The molecule has 1 aromatic rings. The molecule has 0 aromatic heterocycles. The van der Waals surface area contributed by atoms with Crippen LogP contribution >= 0.6 is 15.9 Å². The van der Waals surface area contributed by atoms with Crippen LogP contribution in [0, 0.1) is 0 Å². The smallest absolute Gasteiger partial charge is 0.304 e. The Morgan fingerprint density at radius 2 is 2.05 bits per heavy atom. The number of hydrogen-bond donors (Lipinski definition) is 1. The summed E-state index contributed by atoms with van der Waals surface area (Å²) in [5, 5.41) is 9.11. The van der Waals surface area contributed by atoms with Gasteiger partial charge in [0.2, 0.25) is 0 Å². The van der Waals surface area contributed by atoms with E-state index in [0.717, 1.165) is 29.7 Å². The molecular weight excluding hydrogens is 306 g/mol. The van der Waals surface area contributed by atoms with Crippen molar-refractivity contribution in [3.8, 4) is 0 Å². The number of nitrogens with zero attached hydrogens (tertiary/aromatic N) is 1. The molecule has 0 bridgehead atoms. The lowest BCUT2D eigenvalue weighted by Crippen LogP contribution is -2.34. The highest BCUT2D eigenvalue weighted by Crippen LogP contribution is 2.25. The van der Waals surface area contributed by atoms with Crippen molar-refractivity contribution >= 4 is 21.9 Å². The van der Waals surface area contributed by atoms with Crippen molar-refractivity contribution < 1.29 is 9.90 Å². The third-order valence-electron chi connectivity index (χ3n) is 3.67. The molecule has 4 heteroatoms. The van der Waals surface area contributed by atoms with Crippen LogP contribution in [-0.4, -0.2) is 35.6 Å². The Bertz CT molecular complexity index is 430. The highest BCUT2D eigenvalue weighted by Gasteiger charge is 2.20. The number of likely N-dealkylation sites (tertiary alicyclic amines) is 1. The van der Waals surface area contributed by atoms with Crippen LogP contribution in [0.25, 0.3) is 0 Å². The summed E-state index contributed by atoms with van der Waals surface area (Å²) in [5.74, 6) is -0.643. The van der Waals surface area contributed by atoms with E-state index in [1.165, 1.54) is 19.3 Å². The second-order valence-electron chi connectivity index (χ2n) is 5.21. The second kappa shape index (κ2) is 7.06. The molecule has 0 spiro atoms. The van der Waals surface area contributed by atoms with Gasteiger partial charge in [-0.05, 0) is 43.6 Å². The van der Waals surface area contributed by atoms with E-state index in [0.29, 0.717) is 0 Å². The van der Waals surface area contributed by atoms with E-state index in [4.69, 9.17) is 5.11 Å². The fourth-order valence-electron chi connectivity index (χ4n) is 2.71. The first-order chi connectivity index (χ1) is 9.15. The summed E-state index contributed by atoms with van der Waals surface area (Å²) in [4.78, 5) is 13.5. The monoisotopic (exact) mass is 325 g/mol. The van der Waals surface area contributed by atoms with Crippen molar-refractivity contribution in [1.82, 2.24) is 4.90 Å². The normalized spacial score (nSPS) is 18.2. The molecule has 0 radical (unpaired) electrons. The number of aliphatic carboxylic acids is 1. The lowest BCUT2D eigenvalue weighted by molar-refractivity contribution is -0.137. The van der Waals surface area contributed by atoms with Gasteiger partial charge >= 0.3 is 5.97 Å². The summed E-state index contributed by atoms with van der Waals surface area (Å²) in [6.45, 7) is 3.05. The molecular formula is C15H20BrNO2. The molecule has 1 aromatic carbocycles. The lowest BCUT2D eigenvalue weighted by Gasteiger charge is -2.30. The van der Waals surface area contributed by atoms with E-state index in [9.17, 15) is 4.79 Å². The highest BCUT2D eigenvalue weighted by molar-refractivity contribution is 9.10. The average Bonchev–Trinajstić information content (AvgIpc) is 2.39. The van der Waals surface area contributed by atoms with Crippen LogP contribution in [0.4, 0.5) is 0 Å². The first kappa shape index (κ1) is 14.5. The standard InChI is InChI=1S/C15H20BrNO2/c16-14-6-4-5-12(9-14)13(10-15(18)19)11-17-7-2-1-3-8-17/h4-6,9,13H,1-3,7-8,10-11H2,(H,18,19). The Kier molecular flexibility index (Phi) is 5.40. The topological polar surface area (TPSA) is 40.5 Å². The average molecular weight is 326 g/mol. The molecule has 3 nitrogen and oxygen atoms in total. The molecule has 0 saturated carbocycles. The van der Waals surface area contributed by atoms with Crippen molar-refractivity contribution in [2.45, 2.75) is 31.6 Å². The minimum absolute atomic E-state index is 0.0769. The largest absolute Gasteiger partial charge is 0.481 e. The van der Waals surface area contributed by atoms with Gasteiger partial charge in [-0.15, -0.1) is 0 Å². The van der Waals surface area contributed by atoms with Crippen LogP contribution in [-0.2, 0) is 4.79 Å². The zero-order valence-corrected chi connectivity index (χ0v) is 12.6. The predicted molar refractivity (Wildman–Crippen MR) is 79.4 cm³/mol. The second-order valence-corrected chi connectivity index (χ2v) is 6.13. The fraction of sp³-hybridized carbons (Fsp3) is 0.533. The van der Waals surface area contributed by atoms with Gasteiger partial charge in [0.05, 0.1) is 6.42 Å². The molecule has 1 fully saturated rings. The van der Waals surface area contributed by atoms with Crippen LogP contribution in [0.3, 0.4) is 0 Å². The number of halogens is 1.